The van der Waals surface area contributed by atoms with E-state index in [0.717, 1.165) is 0 Å². The molecule has 20 N–H and O–H groups in total. The zero-order chi connectivity index (χ0) is 61.3. The van der Waals surface area contributed by atoms with Crippen molar-refractivity contribution in [1.82, 2.24) is 47.9 Å². The van der Waals surface area contributed by atoms with Crippen molar-refractivity contribution >= 4 is 76.9 Å². The molecule has 456 valence electrons. The van der Waals surface area contributed by atoms with Crippen molar-refractivity contribution < 1.29 is 63.3 Å². The third kappa shape index (κ3) is 28.2. The molecule has 0 saturated heterocycles. The van der Waals surface area contributed by atoms with Gasteiger partial charge in [0.05, 0.1) is 25.7 Å². The van der Waals surface area contributed by atoms with Gasteiger partial charge in [-0.05, 0) is 111 Å². The van der Waals surface area contributed by atoms with Gasteiger partial charge >= 0.3 is 5.97 Å². The van der Waals surface area contributed by atoms with E-state index in [-0.39, 0.29) is 88.0 Å². The van der Waals surface area contributed by atoms with Gasteiger partial charge in [-0.15, -0.1) is 0 Å². The van der Waals surface area contributed by atoms with E-state index in [0.29, 0.717) is 29.7 Å². The Balaban J connectivity index is 2.22. The smallest absolute Gasteiger partial charge is 0.326 e. The Bertz CT molecular complexity index is 2420. The van der Waals surface area contributed by atoms with Gasteiger partial charge in [0.15, 0.2) is 5.96 Å². The molecular weight excluding hydrogens is 1080 g/mol. The van der Waals surface area contributed by atoms with E-state index in [1.807, 2.05) is 13.8 Å². The summed E-state index contributed by atoms with van der Waals surface area (Å²) in [7, 11) is 0. The first kappa shape index (κ1) is 70.5. The molecule has 0 aliphatic rings. The number of phenolic OH excluding ortho intramolecular Hbond substituents is 1. The summed E-state index contributed by atoms with van der Waals surface area (Å²) in [5.74, 6) is -8.45. The number of aliphatic hydroxyl groups excluding tert-OH is 1. The number of guanidine groups is 1. The fourth-order valence-electron chi connectivity index (χ4n) is 8.10. The molecule has 8 atom stereocenters. The number of hydrogen-bond donors (Lipinski definition) is 16. The van der Waals surface area contributed by atoms with Crippen molar-refractivity contribution in [2.24, 2.45) is 39.8 Å². The number of unbranched alkanes of at least 4 members (excludes halogenated alkanes) is 1. The van der Waals surface area contributed by atoms with Gasteiger partial charge in [-0.25, -0.2) is 4.79 Å². The van der Waals surface area contributed by atoms with E-state index in [2.05, 4.69) is 52.8 Å². The molecule has 2 aromatic rings. The summed E-state index contributed by atoms with van der Waals surface area (Å²) in [6.07, 6.45) is 3.20. The van der Waals surface area contributed by atoms with Crippen LogP contribution < -0.4 is 70.8 Å². The highest BCUT2D eigenvalue weighted by molar-refractivity contribution is 7.98. The molecule has 0 bridgehead atoms. The summed E-state index contributed by atoms with van der Waals surface area (Å²) >= 11 is 1.38. The highest BCUT2D eigenvalue weighted by Crippen LogP contribution is 2.14. The summed E-state index contributed by atoms with van der Waals surface area (Å²) in [5.41, 5.74) is 23.7. The van der Waals surface area contributed by atoms with Gasteiger partial charge in [0.1, 0.15) is 48.0 Å². The van der Waals surface area contributed by atoms with Crippen LogP contribution in [0.4, 0.5) is 0 Å². The van der Waals surface area contributed by atoms with E-state index < -0.39 is 127 Å². The van der Waals surface area contributed by atoms with Crippen LogP contribution in [0.1, 0.15) is 90.2 Å². The molecule has 0 saturated carbocycles. The molecule has 0 aliphatic carbocycles. The topological polar surface area (TPSA) is 456 Å². The van der Waals surface area contributed by atoms with Crippen LogP contribution in [0.5, 0.6) is 5.75 Å². The molecular formula is C54H86N14O13S. The van der Waals surface area contributed by atoms with Crippen LogP contribution in [0, 0.1) is 11.8 Å². The van der Waals surface area contributed by atoms with E-state index in [1.165, 1.54) is 23.9 Å². The maximum atomic E-state index is 14.1. The number of benzene rings is 2. The molecule has 27 nitrogen and oxygen atoms in total. The van der Waals surface area contributed by atoms with Gasteiger partial charge in [0, 0.05) is 13.0 Å². The first-order chi connectivity index (χ1) is 38.9. The molecule has 0 aromatic heterocycles. The quantitative estimate of drug-likeness (QED) is 0.0183. The predicted molar refractivity (Wildman–Crippen MR) is 309 cm³/mol. The molecule has 0 unspecified atom stereocenters. The van der Waals surface area contributed by atoms with Crippen LogP contribution in [-0.2, 0) is 60.8 Å². The molecule has 0 aliphatic heterocycles. The molecule has 82 heavy (non-hydrogen) atoms. The number of nitrogens with two attached hydrogens (primary N) is 4. The lowest BCUT2D eigenvalue weighted by molar-refractivity contribution is -0.142. The van der Waals surface area contributed by atoms with Crippen molar-refractivity contribution in [2.75, 3.05) is 44.8 Å². The monoisotopic (exact) mass is 1170 g/mol. The number of rotatable bonds is 39. The Kier molecular flexibility index (Phi) is 32.9. The van der Waals surface area contributed by atoms with Gasteiger partial charge in [-0.3, -0.25) is 48.1 Å². The number of aromatic hydroxyl groups is 1. The highest BCUT2D eigenvalue weighted by Gasteiger charge is 2.33. The number of hydrogen-bond acceptors (Lipinski definition) is 16. The maximum absolute atomic E-state index is 14.1. The van der Waals surface area contributed by atoms with Gasteiger partial charge in [-0.2, -0.15) is 11.8 Å². The number of phenols is 1. The van der Waals surface area contributed by atoms with E-state index >= 15 is 0 Å². The van der Waals surface area contributed by atoms with Crippen LogP contribution >= 0.6 is 11.8 Å². The average Bonchev–Trinajstić information content (AvgIpc) is 3.47. The molecule has 0 spiro atoms. The second-order valence-corrected chi connectivity index (χ2v) is 21.4. The fraction of sp³-hybridized carbons (Fsp3) is 0.574. The van der Waals surface area contributed by atoms with Crippen LogP contribution in [0.3, 0.4) is 0 Å². The molecule has 2 aromatic carbocycles. The molecule has 0 radical (unpaired) electrons. The number of carboxylic acids is 1. The zero-order valence-corrected chi connectivity index (χ0v) is 48.2. The Hall–Kier alpha value is -7.56. The number of aliphatic carboxylic acids is 1. The SMILES string of the molecule is CSCC[C@H](NC(=O)CNC(=O)[C@H](CCCCN)NC(=O)[C@H](Cc1ccccc1)NC(=O)[C@H](CO)NC(=O)[C@@H](N)Cc1ccc(O)cc1)C(=O)N[C@@H](CC(C)C)C(=O)N[C@@H](CC(C)C)C(=O)NCC(=O)N[C@H](CCCN=C(N)N)C(=O)O. The number of aliphatic imine (C=N–C) groups is 1. The van der Waals surface area contributed by atoms with E-state index in [1.54, 1.807) is 62.6 Å². The number of carbonyl (C=O) groups excluding carboxylic acids is 9. The number of thioether (sulfide) groups is 1. The Morgan fingerprint density at radius 2 is 1.01 bits per heavy atom. The lowest BCUT2D eigenvalue weighted by Crippen LogP contribution is -2.59. The minimum atomic E-state index is -1.54. The molecule has 0 fully saturated rings. The summed E-state index contributed by atoms with van der Waals surface area (Å²) in [6.45, 7) is 5.50. The predicted octanol–water partition coefficient (Wildman–Crippen LogP) is -2.76. The van der Waals surface area contributed by atoms with Gasteiger partial charge in [0.25, 0.3) is 0 Å². The summed E-state index contributed by atoms with van der Waals surface area (Å²) < 4.78 is 0. The minimum absolute atomic E-state index is 0.00248. The largest absolute Gasteiger partial charge is 0.508 e. The van der Waals surface area contributed by atoms with Crippen LogP contribution in [0.25, 0.3) is 0 Å². The Morgan fingerprint density at radius 3 is 1.55 bits per heavy atom. The van der Waals surface area contributed by atoms with Gasteiger partial charge in [0.2, 0.25) is 53.2 Å². The second-order valence-electron chi connectivity index (χ2n) is 20.4. The van der Waals surface area contributed by atoms with Crippen molar-refractivity contribution in [3.8, 4) is 5.75 Å². The average molecular weight is 1170 g/mol. The summed E-state index contributed by atoms with van der Waals surface area (Å²) in [4.78, 5) is 138. The highest BCUT2D eigenvalue weighted by atomic mass is 32.2. The molecule has 0 heterocycles. The Morgan fingerprint density at radius 1 is 0.549 bits per heavy atom. The standard InChI is InChI=1S/C54H86N14O13S/c1-31(2)24-40(48(75)61-29-45(72)63-39(53(80)81)15-11-22-59-54(57)58)65-50(77)41(25-32(3)4)66-49(76)38(20-23-82-5)62-44(71)28-60-47(74)37(14-9-10-21-55)64-51(78)42(27-33-12-7-6-8-13-33)67-52(79)43(30-69)68-46(73)36(56)26-34-16-18-35(70)19-17-34/h6-8,12-13,16-19,31-32,36-43,69-70H,9-11,14-15,20-30,55-56H2,1-5H3,(H,60,74)(H,61,75)(H,62,71)(H,63,72)(H,64,78)(H,65,77)(H,66,76)(H,67,79)(H,68,73)(H,80,81)(H4,57,58,59)/t36-,37-,38-,39+,40-,41-,42-,43-/m0/s1. The number of amides is 9. The summed E-state index contributed by atoms with van der Waals surface area (Å²) in [5, 5.41) is 52.3. The minimum Gasteiger partial charge on any atom is -0.508 e. The van der Waals surface area contributed by atoms with E-state index in [9.17, 15) is 63.3 Å². The van der Waals surface area contributed by atoms with Crippen molar-refractivity contribution in [3.05, 3.63) is 65.7 Å². The lowest BCUT2D eigenvalue weighted by Gasteiger charge is -2.27. The third-order valence-electron chi connectivity index (χ3n) is 12.4. The number of carboxylic acid groups (broad SMARTS) is 1. The number of aliphatic hydroxyl groups is 1. The molecule has 28 heteroatoms. The number of nitrogens with zero attached hydrogens (tertiary/aromatic N) is 1. The first-order valence-corrected chi connectivity index (χ1v) is 28.6. The van der Waals surface area contributed by atoms with Crippen molar-refractivity contribution in [3.63, 3.8) is 0 Å². The van der Waals surface area contributed by atoms with Gasteiger partial charge in [-0.1, -0.05) is 70.2 Å². The first-order valence-electron chi connectivity index (χ1n) is 27.2. The van der Waals surface area contributed by atoms with Crippen LogP contribution in [0.15, 0.2) is 59.6 Å². The van der Waals surface area contributed by atoms with Crippen molar-refractivity contribution in [2.45, 2.75) is 140 Å². The van der Waals surface area contributed by atoms with Crippen LogP contribution in [0.2, 0.25) is 0 Å². The Labute approximate surface area is 482 Å². The fourth-order valence-corrected chi connectivity index (χ4v) is 8.58. The second kappa shape index (κ2) is 38.2. The van der Waals surface area contributed by atoms with Gasteiger partial charge < -0.3 is 86.1 Å². The number of nitrogens with one attached hydrogen (secondary N) is 9. The normalized spacial score (nSPS) is 14.0. The lowest BCUT2D eigenvalue weighted by atomic mass is 9.99. The van der Waals surface area contributed by atoms with Crippen LogP contribution in [-0.4, -0.2) is 174 Å². The molecule has 9 amide bonds. The maximum Gasteiger partial charge on any atom is 0.326 e. The number of carbonyl (C=O) groups is 10. The molecule has 2 rings (SSSR count). The zero-order valence-electron chi connectivity index (χ0n) is 47.4. The third-order valence-corrected chi connectivity index (χ3v) is 13.1. The van der Waals surface area contributed by atoms with Crippen molar-refractivity contribution in [1.29, 1.82) is 0 Å². The summed E-state index contributed by atoms with van der Waals surface area (Å²) in [6, 6.07) is 4.41. The van der Waals surface area contributed by atoms with E-state index in [4.69, 9.17) is 22.9 Å².